The highest BCUT2D eigenvalue weighted by molar-refractivity contribution is 6.13. The third-order valence-corrected chi connectivity index (χ3v) is 12.5. The first-order valence-electron chi connectivity index (χ1n) is 20.0. The minimum atomic E-state index is -0.290. The van der Waals surface area contributed by atoms with Gasteiger partial charge in [-0.05, 0) is 98.7 Å². The van der Waals surface area contributed by atoms with Crippen molar-refractivity contribution in [3.8, 4) is 33.4 Å². The van der Waals surface area contributed by atoms with Gasteiger partial charge in [0.05, 0.1) is 11.2 Å². The topological polar surface area (TPSA) is 25.2 Å². The van der Waals surface area contributed by atoms with Crippen molar-refractivity contribution in [1.82, 2.24) is 0 Å². The van der Waals surface area contributed by atoms with Gasteiger partial charge in [-0.1, -0.05) is 168 Å². The highest BCUT2D eigenvalue weighted by Crippen LogP contribution is 2.54. The molecule has 0 spiro atoms. The zero-order valence-electron chi connectivity index (χ0n) is 32.2. The van der Waals surface area contributed by atoms with Crippen molar-refractivity contribution >= 4 is 38.4 Å². The average molecular weight is 704 g/mol. The summed E-state index contributed by atoms with van der Waals surface area (Å²) >= 11 is 0. The van der Waals surface area contributed by atoms with E-state index in [9.17, 15) is 0 Å². The van der Waals surface area contributed by atoms with E-state index < -0.39 is 0 Å². The van der Waals surface area contributed by atoms with Crippen LogP contribution in [0.25, 0.3) is 66.1 Å². The molecular weight excluding hydrogens is 655 g/mol. The lowest BCUT2D eigenvalue weighted by atomic mass is 9.77. The molecule has 2 nitrogen and oxygen atoms in total. The van der Waals surface area contributed by atoms with Gasteiger partial charge in [0, 0.05) is 21.8 Å². The molecule has 7 aromatic carbocycles. The first kappa shape index (κ1) is 34.2. The number of unbranched alkanes of at least 4 members (excludes halogenated alkanes) is 1. The van der Waals surface area contributed by atoms with Gasteiger partial charge in [0.25, 0.3) is 0 Å². The molecule has 268 valence electrons. The predicted molar refractivity (Wildman–Crippen MR) is 231 cm³/mol. The summed E-state index contributed by atoms with van der Waals surface area (Å²) in [5.74, 6) is 0. The second kappa shape index (κ2) is 13.4. The van der Waals surface area contributed by atoms with Crippen LogP contribution < -0.4 is 5.32 Å². The Kier molecular flexibility index (Phi) is 8.46. The van der Waals surface area contributed by atoms with Crippen LogP contribution in [0.3, 0.4) is 0 Å². The standard InChI is InChI=1S/C52H49NO/c1-6-9-18-34-19-15-22-36(31-34)44-33-46-48(40-24-14-13-23-39(40)44)43-30-29-37(32-45(43)51(46,4)5)52(7-2,8-3)53-47-28-17-27-42-41-26-16-25-38(49(41)54-50(42)47)35-20-11-10-12-21-35/h10-17,19-33,53H,6-9,18H2,1-5H3. The Balaban J connectivity index is 1.15. The zero-order valence-corrected chi connectivity index (χ0v) is 32.2. The lowest BCUT2D eigenvalue weighted by Gasteiger charge is -2.36. The molecule has 1 N–H and O–H groups in total. The van der Waals surface area contributed by atoms with E-state index in [-0.39, 0.29) is 11.0 Å². The molecule has 0 amide bonds. The fraction of sp³-hybridized carbons (Fsp3) is 0.231. The van der Waals surface area contributed by atoms with E-state index in [0.29, 0.717) is 0 Å². The number of furan rings is 1. The van der Waals surface area contributed by atoms with Crippen molar-refractivity contribution in [1.29, 1.82) is 0 Å². The number of nitrogens with one attached hydrogen (secondary N) is 1. The van der Waals surface area contributed by atoms with E-state index in [1.165, 1.54) is 68.1 Å². The van der Waals surface area contributed by atoms with E-state index in [1.54, 1.807) is 0 Å². The molecule has 2 heteroatoms. The van der Waals surface area contributed by atoms with Gasteiger partial charge in [-0.3, -0.25) is 0 Å². The summed E-state index contributed by atoms with van der Waals surface area (Å²) < 4.78 is 6.84. The zero-order chi connectivity index (χ0) is 37.0. The third-order valence-electron chi connectivity index (χ3n) is 12.5. The van der Waals surface area contributed by atoms with Gasteiger partial charge in [0.2, 0.25) is 0 Å². The molecule has 0 bridgehead atoms. The number of rotatable bonds is 10. The summed E-state index contributed by atoms with van der Waals surface area (Å²) in [6.45, 7) is 11.7. The maximum Gasteiger partial charge on any atom is 0.158 e. The summed E-state index contributed by atoms with van der Waals surface area (Å²) in [5.41, 5.74) is 15.6. The van der Waals surface area contributed by atoms with Crippen LogP contribution in [0.2, 0.25) is 0 Å². The summed E-state index contributed by atoms with van der Waals surface area (Å²) in [6.07, 6.45) is 5.41. The summed E-state index contributed by atoms with van der Waals surface area (Å²) in [6, 6.07) is 51.7. The molecule has 0 radical (unpaired) electrons. The van der Waals surface area contributed by atoms with E-state index in [2.05, 4.69) is 179 Å². The highest BCUT2D eigenvalue weighted by atomic mass is 16.3. The van der Waals surface area contributed by atoms with Crippen molar-refractivity contribution in [2.24, 2.45) is 0 Å². The summed E-state index contributed by atoms with van der Waals surface area (Å²) in [5, 5.41) is 9.04. The Morgan fingerprint density at radius 2 is 1.24 bits per heavy atom. The molecule has 9 rings (SSSR count). The number of hydrogen-bond donors (Lipinski definition) is 1. The van der Waals surface area contributed by atoms with Crippen molar-refractivity contribution in [2.75, 3.05) is 5.32 Å². The fourth-order valence-electron chi connectivity index (χ4n) is 9.32. The van der Waals surface area contributed by atoms with Crippen molar-refractivity contribution in [3.63, 3.8) is 0 Å². The van der Waals surface area contributed by atoms with Crippen molar-refractivity contribution in [2.45, 2.75) is 77.7 Å². The van der Waals surface area contributed by atoms with Gasteiger partial charge in [0.15, 0.2) is 5.58 Å². The molecular formula is C52H49NO. The minimum absolute atomic E-state index is 0.168. The van der Waals surface area contributed by atoms with Gasteiger partial charge in [0.1, 0.15) is 5.58 Å². The first-order valence-corrected chi connectivity index (χ1v) is 20.0. The van der Waals surface area contributed by atoms with Gasteiger partial charge in [-0.25, -0.2) is 0 Å². The fourth-order valence-corrected chi connectivity index (χ4v) is 9.32. The highest BCUT2D eigenvalue weighted by Gasteiger charge is 2.39. The van der Waals surface area contributed by atoms with Gasteiger partial charge >= 0.3 is 0 Å². The quantitative estimate of drug-likeness (QED) is 0.153. The summed E-state index contributed by atoms with van der Waals surface area (Å²) in [4.78, 5) is 0. The Morgan fingerprint density at radius 3 is 2.02 bits per heavy atom. The largest absolute Gasteiger partial charge is 0.453 e. The Morgan fingerprint density at radius 1 is 0.556 bits per heavy atom. The minimum Gasteiger partial charge on any atom is -0.453 e. The van der Waals surface area contributed by atoms with E-state index in [4.69, 9.17) is 4.42 Å². The van der Waals surface area contributed by atoms with Crippen LogP contribution in [0, 0.1) is 0 Å². The molecule has 1 aliphatic carbocycles. The SMILES string of the molecule is CCCCc1cccc(-c2cc3c(c4ccccc24)-c2ccc(C(CC)(CC)Nc4cccc5c4oc4c(-c6ccccc6)cccc45)cc2C3(C)C)c1. The normalized spacial score (nSPS) is 13.4. The molecule has 0 aliphatic heterocycles. The Hall–Kier alpha value is -5.60. The number of hydrogen-bond acceptors (Lipinski definition) is 2. The smallest absolute Gasteiger partial charge is 0.158 e. The average Bonchev–Trinajstić information content (AvgIpc) is 3.71. The van der Waals surface area contributed by atoms with Gasteiger partial charge < -0.3 is 9.73 Å². The van der Waals surface area contributed by atoms with Crippen molar-refractivity contribution < 1.29 is 4.42 Å². The van der Waals surface area contributed by atoms with Crippen LogP contribution in [-0.2, 0) is 17.4 Å². The Bertz CT molecular complexity index is 2670. The van der Waals surface area contributed by atoms with Crippen LogP contribution in [-0.4, -0.2) is 0 Å². The molecule has 1 aromatic heterocycles. The van der Waals surface area contributed by atoms with Crippen LogP contribution in [0.15, 0.2) is 144 Å². The van der Waals surface area contributed by atoms with E-state index >= 15 is 0 Å². The number of benzene rings is 7. The number of fused-ring (bicyclic) bond motifs is 8. The lowest BCUT2D eigenvalue weighted by Crippen LogP contribution is -2.34. The third kappa shape index (κ3) is 5.37. The maximum atomic E-state index is 6.84. The molecule has 1 heterocycles. The second-order valence-corrected chi connectivity index (χ2v) is 15.8. The monoisotopic (exact) mass is 703 g/mol. The van der Waals surface area contributed by atoms with Crippen LogP contribution in [0.1, 0.15) is 82.6 Å². The second-order valence-electron chi connectivity index (χ2n) is 15.8. The van der Waals surface area contributed by atoms with Gasteiger partial charge in [-0.2, -0.15) is 0 Å². The number of aryl methyl sites for hydroxylation is 1. The van der Waals surface area contributed by atoms with E-state index in [1.807, 2.05) is 0 Å². The van der Waals surface area contributed by atoms with Crippen LogP contribution >= 0.6 is 0 Å². The van der Waals surface area contributed by atoms with Gasteiger partial charge in [-0.15, -0.1) is 0 Å². The van der Waals surface area contributed by atoms with Crippen molar-refractivity contribution in [3.05, 3.63) is 162 Å². The molecule has 0 fully saturated rings. The van der Waals surface area contributed by atoms with Crippen LogP contribution in [0.5, 0.6) is 0 Å². The van der Waals surface area contributed by atoms with Crippen LogP contribution in [0.4, 0.5) is 5.69 Å². The summed E-state index contributed by atoms with van der Waals surface area (Å²) in [7, 11) is 0. The predicted octanol–water partition coefficient (Wildman–Crippen LogP) is 14.8. The molecule has 0 unspecified atom stereocenters. The van der Waals surface area contributed by atoms with E-state index in [0.717, 1.165) is 58.0 Å². The number of para-hydroxylation sites is 2. The number of anilines is 1. The maximum absolute atomic E-state index is 6.84. The molecule has 0 atom stereocenters. The molecule has 0 saturated carbocycles. The lowest BCUT2D eigenvalue weighted by molar-refractivity contribution is 0.453. The molecule has 1 aliphatic rings. The molecule has 54 heavy (non-hydrogen) atoms. The Labute approximate surface area is 319 Å². The first-order chi connectivity index (χ1) is 26.4. The molecule has 8 aromatic rings. The molecule has 0 saturated heterocycles.